The second-order valence-electron chi connectivity index (χ2n) is 12.1. The molecule has 0 bridgehead atoms. The van der Waals surface area contributed by atoms with Crippen LogP contribution in [0, 0.1) is 6.92 Å². The molecule has 2 N–H and O–H groups in total. The van der Waals surface area contributed by atoms with E-state index in [1.165, 1.54) is 11.9 Å². The lowest BCUT2D eigenvalue weighted by atomic mass is 9.88. The number of β-amino-alcohol motifs (C(OH)–C–C–N with tert-alkyl or cyclic N) is 1. The number of nitrogens with one attached hydrogen (secondary N) is 1. The maximum atomic E-state index is 13.0. The first kappa shape index (κ1) is 28.6. The number of hydrogen-bond acceptors (Lipinski definition) is 8. The maximum Gasteiger partial charge on any atom is 0.318 e. The lowest BCUT2D eigenvalue weighted by molar-refractivity contribution is 0.0198. The fourth-order valence-corrected chi connectivity index (χ4v) is 5.92. The van der Waals surface area contributed by atoms with Gasteiger partial charge in [-0.15, -0.1) is 15.3 Å². The number of pyridine rings is 1. The standard InChI is InChI=1S/C30H37N9O4/c1-20-14-23(43-16-21(2)22-8-6-5-7-9-22)15-39-24(20)32-27(35-39)29(3,42)17-38-18-30(33-28(38)41)10-12-37(13-11-30)26(40)25-34-31-19-36(25)4/h5-9,14-15,19,21,42H,10-13,16-18H2,1-4H3,(H,33,41)/t21-,29?/m0/s1. The predicted molar refractivity (Wildman–Crippen MR) is 157 cm³/mol. The van der Waals surface area contributed by atoms with Crippen LogP contribution in [-0.2, 0) is 12.6 Å². The molecule has 43 heavy (non-hydrogen) atoms. The highest BCUT2D eigenvalue weighted by Crippen LogP contribution is 2.31. The summed E-state index contributed by atoms with van der Waals surface area (Å²) in [5.74, 6) is 1.22. The maximum absolute atomic E-state index is 13.0. The predicted octanol–water partition coefficient (Wildman–Crippen LogP) is 2.26. The monoisotopic (exact) mass is 587 g/mol. The number of fused-ring (bicyclic) bond motifs is 1. The van der Waals surface area contributed by atoms with Gasteiger partial charge >= 0.3 is 6.03 Å². The van der Waals surface area contributed by atoms with Crippen LogP contribution in [0.2, 0.25) is 0 Å². The van der Waals surface area contributed by atoms with Gasteiger partial charge in [-0.3, -0.25) is 4.79 Å². The number of nitrogens with zero attached hydrogens (tertiary/aromatic N) is 8. The average molecular weight is 588 g/mol. The van der Waals surface area contributed by atoms with Crippen molar-refractivity contribution < 1.29 is 19.4 Å². The number of carbonyl (C=O) groups excluding carboxylic acids is 2. The number of urea groups is 1. The summed E-state index contributed by atoms with van der Waals surface area (Å²) in [4.78, 5) is 33.9. The number of hydrogen-bond donors (Lipinski definition) is 2. The Labute approximate surface area is 249 Å². The van der Waals surface area contributed by atoms with E-state index in [-0.39, 0.29) is 30.2 Å². The minimum Gasteiger partial charge on any atom is -0.491 e. The van der Waals surface area contributed by atoms with Crippen molar-refractivity contribution in [2.24, 2.45) is 7.05 Å². The van der Waals surface area contributed by atoms with E-state index in [2.05, 4.69) is 44.7 Å². The largest absolute Gasteiger partial charge is 0.491 e. The van der Waals surface area contributed by atoms with Crippen molar-refractivity contribution in [1.82, 2.24) is 44.5 Å². The van der Waals surface area contributed by atoms with E-state index < -0.39 is 11.1 Å². The van der Waals surface area contributed by atoms with Gasteiger partial charge in [0.25, 0.3) is 5.91 Å². The Bertz CT molecular complexity index is 1640. The number of aryl methyl sites for hydroxylation is 2. The third kappa shape index (κ3) is 5.64. The first-order valence-electron chi connectivity index (χ1n) is 14.5. The summed E-state index contributed by atoms with van der Waals surface area (Å²) in [6.45, 7) is 7.58. The molecule has 1 aromatic carbocycles. The molecular weight excluding hydrogens is 550 g/mol. The number of amides is 3. The normalized spacial score (nSPS) is 18.6. The SMILES string of the molecule is Cc1cc(OC[C@H](C)c2ccccc2)cn2nc(C(C)(O)CN3CC4(CCN(C(=O)c5nncn5C)CC4)NC3=O)nc12. The molecule has 226 valence electrons. The number of aromatic nitrogens is 6. The summed E-state index contributed by atoms with van der Waals surface area (Å²) >= 11 is 0. The van der Waals surface area contributed by atoms with Gasteiger partial charge in [0, 0.05) is 32.6 Å². The molecule has 13 nitrogen and oxygen atoms in total. The van der Waals surface area contributed by atoms with Gasteiger partial charge in [-0.1, -0.05) is 37.3 Å². The highest BCUT2D eigenvalue weighted by atomic mass is 16.5. The Morgan fingerprint density at radius 1 is 1.23 bits per heavy atom. The third-order valence-corrected chi connectivity index (χ3v) is 8.50. The molecule has 2 saturated heterocycles. The van der Waals surface area contributed by atoms with Crippen LogP contribution in [-0.4, -0.2) is 94.5 Å². The lowest BCUT2D eigenvalue weighted by Gasteiger charge is -2.38. The summed E-state index contributed by atoms with van der Waals surface area (Å²) < 4.78 is 9.32. The summed E-state index contributed by atoms with van der Waals surface area (Å²) in [5, 5.41) is 26.9. The Morgan fingerprint density at radius 2 is 1.98 bits per heavy atom. The second-order valence-corrected chi connectivity index (χ2v) is 12.1. The van der Waals surface area contributed by atoms with E-state index in [4.69, 9.17) is 4.74 Å². The molecule has 0 saturated carbocycles. The quantitative estimate of drug-likeness (QED) is 0.320. The topological polar surface area (TPSA) is 143 Å². The lowest BCUT2D eigenvalue weighted by Crippen LogP contribution is -2.54. The molecular formula is C30H37N9O4. The van der Waals surface area contributed by atoms with Crippen LogP contribution in [0.4, 0.5) is 4.79 Å². The van der Waals surface area contributed by atoms with Gasteiger partial charge < -0.3 is 29.5 Å². The smallest absolute Gasteiger partial charge is 0.318 e. The molecule has 0 aliphatic carbocycles. The number of ether oxygens (including phenoxy) is 1. The molecule has 6 rings (SSSR count). The van der Waals surface area contributed by atoms with Crippen molar-refractivity contribution in [2.75, 3.05) is 32.8 Å². The average Bonchev–Trinajstić information content (AvgIpc) is 3.70. The minimum atomic E-state index is -1.49. The number of piperidine rings is 1. The zero-order valence-electron chi connectivity index (χ0n) is 24.9. The molecule has 2 aliphatic heterocycles. The summed E-state index contributed by atoms with van der Waals surface area (Å²) in [6.07, 6.45) is 4.45. The van der Waals surface area contributed by atoms with Crippen molar-refractivity contribution >= 4 is 17.6 Å². The number of likely N-dealkylation sites (tertiary alicyclic amines) is 1. The molecule has 2 fully saturated rings. The molecule has 1 spiro atoms. The van der Waals surface area contributed by atoms with Crippen LogP contribution in [0.25, 0.3) is 5.65 Å². The van der Waals surface area contributed by atoms with Crippen LogP contribution >= 0.6 is 0 Å². The summed E-state index contributed by atoms with van der Waals surface area (Å²) in [6, 6.07) is 11.9. The van der Waals surface area contributed by atoms with Gasteiger partial charge in [-0.05, 0) is 43.9 Å². The Kier molecular flexibility index (Phi) is 7.28. The fraction of sp³-hybridized carbons (Fsp3) is 0.467. The molecule has 4 aromatic rings. The number of benzene rings is 1. The van der Waals surface area contributed by atoms with E-state index in [1.807, 2.05) is 31.2 Å². The van der Waals surface area contributed by atoms with Gasteiger partial charge in [0.05, 0.1) is 24.9 Å². The first-order chi connectivity index (χ1) is 20.5. The van der Waals surface area contributed by atoms with Crippen LogP contribution in [0.3, 0.4) is 0 Å². The van der Waals surface area contributed by atoms with Crippen LogP contribution in [0.5, 0.6) is 5.75 Å². The Balaban J connectivity index is 1.10. The number of aliphatic hydroxyl groups is 1. The molecule has 13 heteroatoms. The Hall–Kier alpha value is -4.52. The number of rotatable bonds is 8. The van der Waals surface area contributed by atoms with E-state index >= 15 is 0 Å². The van der Waals surface area contributed by atoms with Gasteiger partial charge in [0.2, 0.25) is 5.82 Å². The van der Waals surface area contributed by atoms with Gasteiger partial charge in [0.15, 0.2) is 11.5 Å². The third-order valence-electron chi connectivity index (χ3n) is 8.50. The van der Waals surface area contributed by atoms with Gasteiger partial charge in [-0.2, -0.15) is 0 Å². The summed E-state index contributed by atoms with van der Waals surface area (Å²) in [7, 11) is 1.74. The van der Waals surface area contributed by atoms with Crippen LogP contribution in [0.15, 0.2) is 48.9 Å². The molecule has 3 aromatic heterocycles. The van der Waals surface area contributed by atoms with Crippen molar-refractivity contribution in [1.29, 1.82) is 0 Å². The zero-order chi connectivity index (χ0) is 30.4. The van der Waals surface area contributed by atoms with Crippen LogP contribution in [0.1, 0.15) is 60.2 Å². The second kappa shape index (κ2) is 11.0. The van der Waals surface area contributed by atoms with Crippen molar-refractivity contribution in [3.8, 4) is 5.75 Å². The van der Waals surface area contributed by atoms with E-state index in [9.17, 15) is 14.7 Å². The molecule has 2 atom stereocenters. The van der Waals surface area contributed by atoms with E-state index in [0.717, 1.165) is 5.56 Å². The van der Waals surface area contributed by atoms with Crippen molar-refractivity contribution in [2.45, 2.75) is 50.7 Å². The summed E-state index contributed by atoms with van der Waals surface area (Å²) in [5.41, 5.74) is 0.705. The minimum absolute atomic E-state index is 0.0239. The molecule has 0 radical (unpaired) electrons. The van der Waals surface area contributed by atoms with E-state index in [0.29, 0.717) is 56.3 Å². The highest BCUT2D eigenvalue weighted by molar-refractivity contribution is 5.90. The zero-order valence-corrected chi connectivity index (χ0v) is 24.9. The van der Waals surface area contributed by atoms with Gasteiger partial charge in [-0.25, -0.2) is 14.3 Å². The molecule has 2 aliphatic rings. The molecule has 5 heterocycles. The highest BCUT2D eigenvalue weighted by Gasteiger charge is 2.47. The van der Waals surface area contributed by atoms with Gasteiger partial charge in [0.1, 0.15) is 17.7 Å². The van der Waals surface area contributed by atoms with Crippen LogP contribution < -0.4 is 10.1 Å². The van der Waals surface area contributed by atoms with E-state index in [1.54, 1.807) is 39.1 Å². The van der Waals surface area contributed by atoms with Crippen molar-refractivity contribution in [3.05, 3.63) is 71.7 Å². The Morgan fingerprint density at radius 3 is 2.67 bits per heavy atom. The van der Waals surface area contributed by atoms with Crippen molar-refractivity contribution in [3.63, 3.8) is 0 Å². The molecule has 3 amide bonds. The molecule has 1 unspecified atom stereocenters. The fourth-order valence-electron chi connectivity index (χ4n) is 5.92. The number of carbonyl (C=O) groups is 2. The first-order valence-corrected chi connectivity index (χ1v) is 14.5.